The molecule has 48 heavy (non-hydrogen) atoms. The summed E-state index contributed by atoms with van der Waals surface area (Å²) in [6.07, 6.45) is 4.27. The molecule has 1 aliphatic rings. The summed E-state index contributed by atoms with van der Waals surface area (Å²) in [6.45, 7) is 0.824. The average molecular weight is 615 g/mol. The predicted molar refractivity (Wildman–Crippen MR) is 200 cm³/mol. The summed E-state index contributed by atoms with van der Waals surface area (Å²) in [6, 6.07) is 54.4. The van der Waals surface area contributed by atoms with Crippen LogP contribution in [0.3, 0.4) is 0 Å². The monoisotopic (exact) mass is 614 g/mol. The summed E-state index contributed by atoms with van der Waals surface area (Å²) >= 11 is 0. The van der Waals surface area contributed by atoms with Crippen LogP contribution < -0.4 is 5.32 Å². The maximum Gasteiger partial charge on any atom is 0.0730 e. The van der Waals surface area contributed by atoms with E-state index in [4.69, 9.17) is 4.98 Å². The zero-order valence-electron chi connectivity index (χ0n) is 26.1. The molecule has 4 heteroatoms. The van der Waals surface area contributed by atoms with Gasteiger partial charge >= 0.3 is 0 Å². The first-order valence-electron chi connectivity index (χ1n) is 16.4. The van der Waals surface area contributed by atoms with E-state index in [1.165, 1.54) is 60.4 Å². The minimum atomic E-state index is 0.824. The molecule has 0 unspecified atom stereocenters. The standard InChI is InChI=1S/C44H30N4/c1-3-12-29(13-4-1)37-26-32(27-38(46-37)30-14-5-2-6-15-30)47-40-19-9-7-17-34(40)35-22-23-42-43(44(35)47)36-18-8-10-20-41(36)48(42)39-21-11-16-31-28-45-25-24-33(31)39/h1-27,45H,28H2. The van der Waals surface area contributed by atoms with E-state index in [1.54, 1.807) is 0 Å². The van der Waals surface area contributed by atoms with E-state index in [9.17, 15) is 0 Å². The van der Waals surface area contributed by atoms with Gasteiger partial charge in [0.2, 0.25) is 0 Å². The molecule has 0 fully saturated rings. The van der Waals surface area contributed by atoms with Crippen LogP contribution in [0, 0.1) is 0 Å². The second-order valence-electron chi connectivity index (χ2n) is 12.5. The average Bonchev–Trinajstić information content (AvgIpc) is 3.68. The molecule has 0 saturated carbocycles. The van der Waals surface area contributed by atoms with Gasteiger partial charge < -0.3 is 14.5 Å². The van der Waals surface area contributed by atoms with Gasteiger partial charge in [-0.15, -0.1) is 0 Å². The molecule has 6 aromatic carbocycles. The highest BCUT2D eigenvalue weighted by molar-refractivity contribution is 6.26. The highest BCUT2D eigenvalue weighted by Crippen LogP contribution is 2.43. The number of pyridine rings is 1. The lowest BCUT2D eigenvalue weighted by Gasteiger charge is -2.18. The fourth-order valence-electron chi connectivity index (χ4n) is 7.65. The Hall–Kier alpha value is -6.39. The Balaban J connectivity index is 1.36. The molecule has 0 bridgehead atoms. The molecule has 0 spiro atoms. The third-order valence-electron chi connectivity index (χ3n) is 9.75. The van der Waals surface area contributed by atoms with Gasteiger partial charge in [0, 0.05) is 44.8 Å². The zero-order valence-corrected chi connectivity index (χ0v) is 26.1. The first kappa shape index (κ1) is 26.8. The molecule has 3 aromatic heterocycles. The lowest BCUT2D eigenvalue weighted by Crippen LogP contribution is -2.12. The summed E-state index contributed by atoms with van der Waals surface area (Å²) in [5.74, 6) is 0. The molecule has 0 aliphatic carbocycles. The Morgan fingerprint density at radius 1 is 0.521 bits per heavy atom. The van der Waals surface area contributed by atoms with Crippen LogP contribution in [0.5, 0.6) is 0 Å². The van der Waals surface area contributed by atoms with Crippen LogP contribution in [0.1, 0.15) is 11.1 Å². The van der Waals surface area contributed by atoms with E-state index in [1.807, 2.05) is 0 Å². The van der Waals surface area contributed by atoms with Crippen molar-refractivity contribution in [3.05, 3.63) is 169 Å². The maximum atomic E-state index is 5.21. The Labute approximate surface area is 277 Å². The van der Waals surface area contributed by atoms with Crippen LogP contribution in [0.4, 0.5) is 0 Å². The Morgan fingerprint density at radius 2 is 1.17 bits per heavy atom. The number of rotatable bonds is 4. The van der Waals surface area contributed by atoms with E-state index in [0.717, 1.165) is 34.7 Å². The van der Waals surface area contributed by atoms with Gasteiger partial charge in [0.15, 0.2) is 0 Å². The molecule has 0 radical (unpaired) electrons. The number of fused-ring (bicyclic) bond motifs is 8. The summed E-state index contributed by atoms with van der Waals surface area (Å²) in [5.41, 5.74) is 13.7. The quantitative estimate of drug-likeness (QED) is 0.214. The Kier molecular flexibility index (Phi) is 5.90. The van der Waals surface area contributed by atoms with E-state index in [-0.39, 0.29) is 0 Å². The molecule has 4 heterocycles. The first-order chi connectivity index (χ1) is 23.8. The normalized spacial score (nSPS) is 12.6. The molecule has 226 valence electrons. The second kappa shape index (κ2) is 10.6. The van der Waals surface area contributed by atoms with Crippen molar-refractivity contribution in [2.24, 2.45) is 0 Å². The number of nitrogens with zero attached hydrogens (tertiary/aromatic N) is 3. The summed E-state index contributed by atoms with van der Waals surface area (Å²) in [7, 11) is 0. The summed E-state index contributed by atoms with van der Waals surface area (Å²) in [5, 5.41) is 8.33. The van der Waals surface area contributed by atoms with Crippen molar-refractivity contribution in [3.63, 3.8) is 0 Å². The van der Waals surface area contributed by atoms with Crippen molar-refractivity contribution >= 4 is 49.7 Å². The van der Waals surface area contributed by atoms with Crippen molar-refractivity contribution in [2.75, 3.05) is 0 Å². The summed E-state index contributed by atoms with van der Waals surface area (Å²) < 4.78 is 4.92. The van der Waals surface area contributed by atoms with Gasteiger partial charge in [0.05, 0.1) is 44.8 Å². The number of benzene rings is 6. The van der Waals surface area contributed by atoms with Crippen molar-refractivity contribution in [2.45, 2.75) is 6.54 Å². The number of nitrogens with one attached hydrogen (secondary N) is 1. The number of para-hydroxylation sites is 2. The van der Waals surface area contributed by atoms with Crippen molar-refractivity contribution in [1.29, 1.82) is 0 Å². The number of hydrogen-bond donors (Lipinski definition) is 1. The highest BCUT2D eigenvalue weighted by Gasteiger charge is 2.23. The van der Waals surface area contributed by atoms with Crippen molar-refractivity contribution in [3.8, 4) is 33.9 Å². The van der Waals surface area contributed by atoms with Gasteiger partial charge in [-0.1, -0.05) is 115 Å². The van der Waals surface area contributed by atoms with Crippen LogP contribution in [0.2, 0.25) is 0 Å². The number of aromatic nitrogens is 3. The fourth-order valence-corrected chi connectivity index (χ4v) is 7.65. The molecule has 0 atom stereocenters. The molecular weight excluding hydrogens is 585 g/mol. The van der Waals surface area contributed by atoms with Gasteiger partial charge in [0.25, 0.3) is 0 Å². The smallest absolute Gasteiger partial charge is 0.0730 e. The van der Waals surface area contributed by atoms with Crippen LogP contribution in [0.15, 0.2) is 158 Å². The van der Waals surface area contributed by atoms with Gasteiger partial charge in [0.1, 0.15) is 0 Å². The highest BCUT2D eigenvalue weighted by atomic mass is 15.0. The van der Waals surface area contributed by atoms with Crippen molar-refractivity contribution < 1.29 is 0 Å². The van der Waals surface area contributed by atoms with Crippen LogP contribution in [-0.2, 0) is 6.54 Å². The van der Waals surface area contributed by atoms with Crippen LogP contribution in [-0.4, -0.2) is 14.1 Å². The lowest BCUT2D eigenvalue weighted by molar-refractivity contribution is 0.856. The molecule has 9 aromatic rings. The number of hydrogen-bond acceptors (Lipinski definition) is 2. The molecular formula is C44H30N4. The van der Waals surface area contributed by atoms with Crippen LogP contribution >= 0.6 is 0 Å². The molecule has 1 N–H and O–H groups in total. The van der Waals surface area contributed by atoms with Crippen molar-refractivity contribution in [1.82, 2.24) is 19.4 Å². The molecule has 0 amide bonds. The fraction of sp³-hybridized carbons (Fsp3) is 0.0227. The molecule has 4 nitrogen and oxygen atoms in total. The second-order valence-corrected chi connectivity index (χ2v) is 12.5. The minimum absolute atomic E-state index is 0.824. The van der Waals surface area contributed by atoms with E-state index in [0.29, 0.717) is 0 Å². The zero-order chi connectivity index (χ0) is 31.6. The van der Waals surface area contributed by atoms with Gasteiger partial charge in [-0.25, -0.2) is 4.98 Å². The summed E-state index contributed by atoms with van der Waals surface area (Å²) in [4.78, 5) is 5.21. The van der Waals surface area contributed by atoms with Gasteiger partial charge in [-0.05, 0) is 54.2 Å². The van der Waals surface area contributed by atoms with E-state index in [2.05, 4.69) is 178 Å². The van der Waals surface area contributed by atoms with E-state index >= 15 is 0 Å². The minimum Gasteiger partial charge on any atom is -0.387 e. The molecule has 0 saturated heterocycles. The van der Waals surface area contributed by atoms with Gasteiger partial charge in [-0.3, -0.25) is 0 Å². The Morgan fingerprint density at radius 3 is 1.90 bits per heavy atom. The maximum absolute atomic E-state index is 5.21. The van der Waals surface area contributed by atoms with Crippen LogP contribution in [0.25, 0.3) is 83.6 Å². The molecule has 10 rings (SSSR count). The predicted octanol–water partition coefficient (Wildman–Crippen LogP) is 10.7. The Bertz CT molecular complexity index is 2660. The third kappa shape index (κ3) is 3.99. The van der Waals surface area contributed by atoms with Gasteiger partial charge in [-0.2, -0.15) is 0 Å². The topological polar surface area (TPSA) is 34.8 Å². The SMILES string of the molecule is C1=Cc2c(cccc2-n2c3ccccc3c3c2ccc2c4ccccc4n(-c4cc(-c5ccccc5)nc(-c5ccccc5)c4)c23)CN1. The lowest BCUT2D eigenvalue weighted by atomic mass is 10.0. The first-order valence-corrected chi connectivity index (χ1v) is 16.4. The molecule has 1 aliphatic heterocycles. The van der Waals surface area contributed by atoms with E-state index < -0.39 is 0 Å². The third-order valence-corrected chi connectivity index (χ3v) is 9.75. The largest absolute Gasteiger partial charge is 0.387 e.